The lowest BCUT2D eigenvalue weighted by atomic mass is 9.99. The largest absolute Gasteiger partial charge is 0.375 e. The van der Waals surface area contributed by atoms with Crippen molar-refractivity contribution in [2.75, 3.05) is 46.5 Å². The molecule has 3 heterocycles. The van der Waals surface area contributed by atoms with E-state index in [-0.39, 0.29) is 24.7 Å². The summed E-state index contributed by atoms with van der Waals surface area (Å²) in [5, 5.41) is 4.29. The number of ether oxygens (including phenoxy) is 2. The Morgan fingerprint density at radius 3 is 2.79 bits per heavy atom. The van der Waals surface area contributed by atoms with Crippen LogP contribution in [-0.4, -0.2) is 78.1 Å². The van der Waals surface area contributed by atoms with Crippen LogP contribution in [0.2, 0.25) is 0 Å². The van der Waals surface area contributed by atoms with Gasteiger partial charge in [-0.2, -0.15) is 5.10 Å². The monoisotopic (exact) mass is 336 g/mol. The number of likely N-dealkylation sites (tertiary alicyclic amines) is 1. The van der Waals surface area contributed by atoms with Crippen molar-refractivity contribution >= 4 is 5.91 Å². The number of rotatable bonds is 5. The van der Waals surface area contributed by atoms with Crippen LogP contribution in [0.4, 0.5) is 0 Å². The van der Waals surface area contributed by atoms with Crippen LogP contribution in [0.1, 0.15) is 30.9 Å². The standard InChI is InChI=1S/C17H28N4O3/c1-19-11-14(10-18-19)17-15(12-20-6-4-3-5-7-20)24-9-8-21(17)16(22)13-23-2/h10-11,15,17H,3-9,12-13H2,1-2H3/t15-,17-/m0/s1. The molecule has 7 nitrogen and oxygen atoms in total. The van der Waals surface area contributed by atoms with E-state index in [0.29, 0.717) is 13.2 Å². The van der Waals surface area contributed by atoms with Crippen LogP contribution >= 0.6 is 0 Å². The van der Waals surface area contributed by atoms with E-state index in [4.69, 9.17) is 9.47 Å². The number of morpholine rings is 1. The van der Waals surface area contributed by atoms with Gasteiger partial charge in [0.1, 0.15) is 6.61 Å². The number of carbonyl (C=O) groups excluding carboxylic acids is 1. The predicted molar refractivity (Wildman–Crippen MR) is 89.6 cm³/mol. The van der Waals surface area contributed by atoms with Gasteiger partial charge in [-0.3, -0.25) is 9.48 Å². The molecule has 0 aromatic carbocycles. The SMILES string of the molecule is COCC(=O)N1CCO[C@@H](CN2CCCCC2)[C@@H]1c1cnn(C)c1. The zero-order valence-corrected chi connectivity index (χ0v) is 14.7. The quantitative estimate of drug-likeness (QED) is 0.797. The van der Waals surface area contributed by atoms with E-state index in [9.17, 15) is 4.79 Å². The minimum Gasteiger partial charge on any atom is -0.375 e. The number of aromatic nitrogens is 2. The molecule has 2 aliphatic rings. The highest BCUT2D eigenvalue weighted by molar-refractivity contribution is 5.78. The molecule has 0 spiro atoms. The van der Waals surface area contributed by atoms with Crippen molar-refractivity contribution in [3.05, 3.63) is 18.0 Å². The Balaban J connectivity index is 1.80. The summed E-state index contributed by atoms with van der Waals surface area (Å²) in [5.74, 6) is 0.0123. The first kappa shape index (κ1) is 17.4. The third kappa shape index (κ3) is 3.96. The molecule has 3 rings (SSSR count). The molecule has 1 aromatic rings. The fourth-order valence-electron chi connectivity index (χ4n) is 3.76. The van der Waals surface area contributed by atoms with Gasteiger partial charge < -0.3 is 19.3 Å². The highest BCUT2D eigenvalue weighted by Crippen LogP contribution is 2.30. The molecule has 2 aliphatic heterocycles. The maximum Gasteiger partial charge on any atom is 0.249 e. The van der Waals surface area contributed by atoms with Gasteiger partial charge in [-0.1, -0.05) is 6.42 Å². The number of amides is 1. The third-order valence-corrected chi connectivity index (χ3v) is 4.89. The van der Waals surface area contributed by atoms with Crippen molar-refractivity contribution in [2.24, 2.45) is 7.05 Å². The van der Waals surface area contributed by atoms with Crippen molar-refractivity contribution in [2.45, 2.75) is 31.4 Å². The summed E-state index contributed by atoms with van der Waals surface area (Å²) in [7, 11) is 3.46. The van der Waals surface area contributed by atoms with Crippen LogP contribution < -0.4 is 0 Å². The predicted octanol–water partition coefficient (Wildman–Crippen LogP) is 0.821. The first-order valence-electron chi connectivity index (χ1n) is 8.80. The molecule has 7 heteroatoms. The maximum absolute atomic E-state index is 12.5. The minimum atomic E-state index is -0.1000. The lowest BCUT2D eigenvalue weighted by Crippen LogP contribution is -2.53. The van der Waals surface area contributed by atoms with E-state index in [2.05, 4.69) is 10.00 Å². The first-order valence-corrected chi connectivity index (χ1v) is 8.80. The second kappa shape index (κ2) is 8.09. The maximum atomic E-state index is 12.5. The van der Waals surface area contributed by atoms with Gasteiger partial charge in [0.25, 0.3) is 0 Å². The van der Waals surface area contributed by atoms with E-state index in [0.717, 1.165) is 25.2 Å². The molecule has 24 heavy (non-hydrogen) atoms. The summed E-state index contributed by atoms with van der Waals surface area (Å²) in [4.78, 5) is 16.9. The molecule has 134 valence electrons. The lowest BCUT2D eigenvalue weighted by Gasteiger charge is -2.43. The Kier molecular flexibility index (Phi) is 5.86. The van der Waals surface area contributed by atoms with Gasteiger partial charge in [-0.15, -0.1) is 0 Å². The number of nitrogens with zero attached hydrogens (tertiary/aromatic N) is 4. The van der Waals surface area contributed by atoms with Gasteiger partial charge in [0.05, 0.1) is 24.9 Å². The van der Waals surface area contributed by atoms with Crippen LogP contribution in [0.25, 0.3) is 0 Å². The van der Waals surface area contributed by atoms with Gasteiger partial charge in [-0.05, 0) is 25.9 Å². The number of aryl methyl sites for hydroxylation is 1. The van der Waals surface area contributed by atoms with Crippen LogP contribution in [0.3, 0.4) is 0 Å². The van der Waals surface area contributed by atoms with E-state index in [1.165, 1.54) is 19.3 Å². The van der Waals surface area contributed by atoms with E-state index in [1.54, 1.807) is 11.8 Å². The van der Waals surface area contributed by atoms with Crippen molar-refractivity contribution < 1.29 is 14.3 Å². The number of hydrogen-bond acceptors (Lipinski definition) is 5. The summed E-state index contributed by atoms with van der Waals surface area (Å²) < 4.78 is 12.9. The second-order valence-electron chi connectivity index (χ2n) is 6.68. The molecule has 2 atom stereocenters. The molecule has 2 saturated heterocycles. The average Bonchev–Trinajstić information content (AvgIpc) is 3.02. The molecule has 0 aliphatic carbocycles. The highest BCUT2D eigenvalue weighted by atomic mass is 16.5. The molecule has 1 amide bonds. The minimum absolute atomic E-state index is 0.0123. The summed E-state index contributed by atoms with van der Waals surface area (Å²) in [6.07, 6.45) is 7.60. The fraction of sp³-hybridized carbons (Fsp3) is 0.765. The van der Waals surface area contributed by atoms with Crippen molar-refractivity contribution in [1.29, 1.82) is 0 Å². The number of carbonyl (C=O) groups is 1. The Labute approximate surface area is 143 Å². The number of piperidine rings is 1. The average molecular weight is 336 g/mol. The highest BCUT2D eigenvalue weighted by Gasteiger charge is 2.38. The molecule has 1 aromatic heterocycles. The lowest BCUT2D eigenvalue weighted by molar-refractivity contribution is -0.152. The smallest absolute Gasteiger partial charge is 0.249 e. The third-order valence-electron chi connectivity index (χ3n) is 4.89. The molecule has 0 bridgehead atoms. The van der Waals surface area contributed by atoms with Crippen molar-refractivity contribution in [3.8, 4) is 0 Å². The normalized spacial score (nSPS) is 25.8. The zero-order chi connectivity index (χ0) is 16.9. The zero-order valence-electron chi connectivity index (χ0n) is 14.7. The Bertz CT molecular complexity index is 542. The van der Waals surface area contributed by atoms with E-state index >= 15 is 0 Å². The number of hydrogen-bond donors (Lipinski definition) is 0. The molecule has 2 fully saturated rings. The Morgan fingerprint density at radius 1 is 1.33 bits per heavy atom. The fourth-order valence-corrected chi connectivity index (χ4v) is 3.76. The van der Waals surface area contributed by atoms with Gasteiger partial charge >= 0.3 is 0 Å². The molecule has 0 N–H and O–H groups in total. The molecule has 0 unspecified atom stereocenters. The molecule has 0 saturated carbocycles. The summed E-state index contributed by atoms with van der Waals surface area (Å²) in [6.45, 7) is 4.36. The van der Waals surface area contributed by atoms with Crippen LogP contribution in [0, 0.1) is 0 Å². The van der Waals surface area contributed by atoms with Gasteiger partial charge in [0, 0.05) is 39.0 Å². The van der Waals surface area contributed by atoms with E-state index in [1.807, 2.05) is 24.3 Å². The Morgan fingerprint density at radius 2 is 2.12 bits per heavy atom. The van der Waals surface area contributed by atoms with Gasteiger partial charge in [-0.25, -0.2) is 0 Å². The first-order chi connectivity index (χ1) is 11.7. The van der Waals surface area contributed by atoms with Crippen molar-refractivity contribution in [1.82, 2.24) is 19.6 Å². The van der Waals surface area contributed by atoms with Crippen LogP contribution in [-0.2, 0) is 21.3 Å². The van der Waals surface area contributed by atoms with Crippen LogP contribution in [0.15, 0.2) is 12.4 Å². The molecular weight excluding hydrogens is 308 g/mol. The summed E-state index contributed by atoms with van der Waals surface area (Å²) >= 11 is 0. The van der Waals surface area contributed by atoms with E-state index < -0.39 is 0 Å². The van der Waals surface area contributed by atoms with Gasteiger partial charge in [0.2, 0.25) is 5.91 Å². The summed E-state index contributed by atoms with van der Waals surface area (Å²) in [5.41, 5.74) is 1.03. The molecule has 0 radical (unpaired) electrons. The number of methoxy groups -OCH3 is 1. The van der Waals surface area contributed by atoms with Gasteiger partial charge in [0.15, 0.2) is 0 Å². The summed E-state index contributed by atoms with van der Waals surface area (Å²) in [6, 6.07) is -0.1000. The molecular formula is C17H28N4O3. The second-order valence-corrected chi connectivity index (χ2v) is 6.68. The Hall–Kier alpha value is -1.44. The van der Waals surface area contributed by atoms with Crippen molar-refractivity contribution in [3.63, 3.8) is 0 Å². The topological polar surface area (TPSA) is 59.8 Å². The van der Waals surface area contributed by atoms with Crippen LogP contribution in [0.5, 0.6) is 0 Å².